The predicted octanol–water partition coefficient (Wildman–Crippen LogP) is 21.0. The third-order valence-electron chi connectivity index (χ3n) is 12.6. The summed E-state index contributed by atoms with van der Waals surface area (Å²) in [5, 5.41) is 58.6. The zero-order valence-corrected chi connectivity index (χ0v) is 68.0. The van der Waals surface area contributed by atoms with Crippen LogP contribution in [0.2, 0.25) is 0 Å². The van der Waals surface area contributed by atoms with Crippen LogP contribution in [0, 0.1) is 47.4 Å². The Balaban J connectivity index is -0.000000218. The molecule has 28 heteroatoms. The molecule has 2 saturated heterocycles. The standard InChI is InChI=1S/C21H23N3O2.C12H18N2O.C7H5Cl2NO2.2C7H5NO4.C6H5NO2.9C2H6.B.Fe/c1-16-22-20-7-3-2-6-19(20)21(25)24(16)17-8-10-18(11-9-17)26-15-5-14-23-12-4-13-23;13-11-3-5-12(6-4-11)15-10-2-9-14-7-1-8-14;8-7(9)5-3-1-2-4-6(5)10(11)12;2*9-7(10)5-3-1-2-4-6(5)8(11)12;8-7(9)6-4-2-1-3-5-6;9*1-2;;/h2-3,6-11H,4-5,12-15H2,1H3;3-6H,1-2,7-10,13H2;1-4,7H;2*1-4H,(H,9,10);1-5H;9*1-2H3;;. The molecule has 4 N–H and O–H groups in total. The number of rotatable bonds is 18. The Hall–Kier alpha value is -9.30. The summed E-state index contributed by atoms with van der Waals surface area (Å²) in [6.07, 6.45) is 4.82. The number of hydrogen-bond donors (Lipinski definition) is 3. The molecular formula is C78H115BCl2FeN9O15. The number of hydrogen-bond acceptors (Lipinski definition) is 17. The summed E-state index contributed by atoms with van der Waals surface area (Å²) in [5.74, 6) is -0.161. The normalized spacial score (nSPS) is 10.3. The first-order chi connectivity index (χ1) is 50.2. The van der Waals surface area contributed by atoms with E-state index in [9.17, 15) is 54.8 Å². The first-order valence-electron chi connectivity index (χ1n) is 35.5. The number of anilines is 1. The summed E-state index contributed by atoms with van der Waals surface area (Å²) in [6, 6.07) is 47.1. The number of likely N-dealkylation sites (tertiary alicyclic amines) is 2. The average molecular weight is 1560 g/mol. The molecule has 3 radical (unpaired) electrons. The second kappa shape index (κ2) is 71.3. The molecule has 0 bridgehead atoms. The van der Waals surface area contributed by atoms with Crippen molar-refractivity contribution in [1.82, 2.24) is 19.4 Å². The Bertz CT molecular complexity index is 3480. The number of nitrogen functional groups attached to an aromatic ring is 1. The molecule has 0 aliphatic carbocycles. The molecule has 8 aromatic rings. The number of aromatic nitrogens is 2. The van der Waals surface area contributed by atoms with E-state index in [0.717, 1.165) is 73.1 Å². The van der Waals surface area contributed by atoms with Crippen molar-refractivity contribution in [2.45, 2.75) is 162 Å². The quantitative estimate of drug-likeness (QED) is 0.0179. The van der Waals surface area contributed by atoms with Crippen LogP contribution in [-0.4, -0.2) is 122 Å². The topological polar surface area (TPSA) is 333 Å². The molecule has 2 aliphatic rings. The van der Waals surface area contributed by atoms with Gasteiger partial charge in [-0.05, 0) is 138 Å². The van der Waals surface area contributed by atoms with Crippen LogP contribution in [0.15, 0.2) is 181 Å². The number of halogens is 2. The molecule has 106 heavy (non-hydrogen) atoms. The molecule has 2 fully saturated rings. The second-order valence-electron chi connectivity index (χ2n) is 18.5. The molecule has 10 rings (SSSR count). The largest absolute Gasteiger partial charge is 0.494 e. The van der Waals surface area contributed by atoms with Crippen LogP contribution in [-0.2, 0) is 17.1 Å². The maximum atomic E-state index is 12.8. The summed E-state index contributed by atoms with van der Waals surface area (Å²) in [6.45, 7) is 46.6. The minimum absolute atomic E-state index is 0. The van der Waals surface area contributed by atoms with Crippen molar-refractivity contribution in [3.63, 3.8) is 0 Å². The van der Waals surface area contributed by atoms with Crippen molar-refractivity contribution < 1.29 is 66.0 Å². The maximum absolute atomic E-state index is 12.8. The number of para-hydroxylation sites is 5. The summed E-state index contributed by atoms with van der Waals surface area (Å²) in [4.78, 5) is 80.9. The van der Waals surface area contributed by atoms with Crippen LogP contribution in [0.3, 0.4) is 0 Å². The monoisotopic (exact) mass is 1550 g/mol. The summed E-state index contributed by atoms with van der Waals surface area (Å²) in [7, 11) is 0. The van der Waals surface area contributed by atoms with Gasteiger partial charge in [0.05, 0.1) is 55.1 Å². The van der Waals surface area contributed by atoms with Crippen LogP contribution in [0.25, 0.3) is 16.6 Å². The van der Waals surface area contributed by atoms with Crippen LogP contribution < -0.4 is 20.8 Å². The molecule has 0 unspecified atom stereocenters. The molecule has 0 amide bonds. The van der Waals surface area contributed by atoms with Crippen molar-refractivity contribution in [1.29, 1.82) is 0 Å². The van der Waals surface area contributed by atoms with E-state index in [2.05, 4.69) is 14.8 Å². The van der Waals surface area contributed by atoms with Crippen molar-refractivity contribution >= 4 is 82.9 Å². The third-order valence-corrected chi connectivity index (χ3v) is 13.1. The molecule has 7 aromatic carbocycles. The zero-order valence-electron chi connectivity index (χ0n) is 65.3. The Kier molecular flexibility index (Phi) is 74.1. The molecular weight excluding hydrogens is 1440 g/mol. The van der Waals surface area contributed by atoms with Crippen LogP contribution >= 0.6 is 23.2 Å². The molecule has 1 aromatic heterocycles. The second-order valence-corrected chi connectivity index (χ2v) is 19.6. The minimum atomic E-state index is -1.29. The fraction of sp³-hybridized carbons (Fsp3) is 0.410. The number of carboxylic acids is 2. The Morgan fingerprint density at radius 1 is 0.491 bits per heavy atom. The Labute approximate surface area is 651 Å². The fourth-order valence-electron chi connectivity index (χ4n) is 7.99. The van der Waals surface area contributed by atoms with Gasteiger partial charge in [0.1, 0.15) is 33.3 Å². The van der Waals surface area contributed by atoms with Crippen molar-refractivity contribution in [3.05, 3.63) is 249 Å². The molecule has 0 saturated carbocycles. The van der Waals surface area contributed by atoms with Gasteiger partial charge in [0.25, 0.3) is 28.3 Å². The fourth-order valence-corrected chi connectivity index (χ4v) is 8.35. The number of alkyl halides is 2. The molecule has 24 nitrogen and oxygen atoms in total. The van der Waals surface area contributed by atoms with E-state index in [1.807, 2.05) is 204 Å². The molecule has 0 atom stereocenters. The number of benzene rings is 7. The van der Waals surface area contributed by atoms with Gasteiger partial charge in [-0.25, -0.2) is 14.6 Å². The number of carbonyl (C=O) groups is 2. The van der Waals surface area contributed by atoms with E-state index in [4.69, 9.17) is 48.6 Å². The average Bonchev–Trinajstić information content (AvgIpc) is 0.780. The number of nitro benzene ring substituents is 4. The van der Waals surface area contributed by atoms with E-state index in [1.165, 1.54) is 99.7 Å². The van der Waals surface area contributed by atoms with Gasteiger partial charge in [0.2, 0.25) is 0 Å². The number of nitrogens with two attached hydrogens (primary N) is 1. The van der Waals surface area contributed by atoms with Crippen molar-refractivity contribution in [2.75, 3.05) is 58.2 Å². The summed E-state index contributed by atoms with van der Waals surface area (Å²) < 4.78 is 13.1. The molecule has 2 aliphatic heterocycles. The number of ether oxygens (including phenoxy) is 2. The first kappa shape index (κ1) is 110. The molecule has 587 valence electrons. The van der Waals surface area contributed by atoms with Crippen LogP contribution in [0.4, 0.5) is 28.4 Å². The van der Waals surface area contributed by atoms with Gasteiger partial charge >= 0.3 is 11.9 Å². The van der Waals surface area contributed by atoms with Gasteiger partial charge in [-0.2, -0.15) is 0 Å². The number of nitrogens with zero attached hydrogens (tertiary/aromatic N) is 8. The van der Waals surface area contributed by atoms with E-state index in [1.54, 1.807) is 34.9 Å². The van der Waals surface area contributed by atoms with Gasteiger partial charge in [-0.1, -0.05) is 215 Å². The predicted molar refractivity (Wildman–Crippen MR) is 434 cm³/mol. The minimum Gasteiger partial charge on any atom is -0.494 e. The Morgan fingerprint density at radius 2 is 0.830 bits per heavy atom. The van der Waals surface area contributed by atoms with Crippen LogP contribution in [0.1, 0.15) is 187 Å². The number of aromatic carboxylic acids is 2. The zero-order chi connectivity index (χ0) is 80.5. The van der Waals surface area contributed by atoms with E-state index in [0.29, 0.717) is 23.4 Å². The van der Waals surface area contributed by atoms with Gasteiger partial charge in [-0.3, -0.25) is 49.8 Å². The van der Waals surface area contributed by atoms with Gasteiger partial charge < -0.3 is 35.2 Å². The number of aryl methyl sites for hydroxylation is 1. The first-order valence-corrected chi connectivity index (χ1v) is 36.4. The smallest absolute Gasteiger partial charge is 0.342 e. The SMILES string of the molecule is CC.CC.CC.CC.CC.CC.CC.CC.CC.Cc1nc2ccccc2c(=O)n1-c1ccc(OCCCN2CCC2)cc1.Nc1ccc(OCCCN2CCC2)cc1.O=C(O)c1ccccc1[N+](=O)[O-].O=C(O)c1ccccc1[N+](=O)[O-].O=[N+]([O-])c1ccccc1.O=[N+]([O-])c1ccccc1C(Cl)Cl.[B].[Fe]. The summed E-state index contributed by atoms with van der Waals surface area (Å²) in [5.41, 5.74) is 6.92. The number of carboxylic acid groups (broad SMARTS) is 2. The molecule has 3 heterocycles. The maximum Gasteiger partial charge on any atom is 0.342 e. The van der Waals surface area contributed by atoms with Crippen molar-refractivity contribution in [3.8, 4) is 17.2 Å². The number of fused-ring (bicyclic) bond motifs is 1. The number of nitro groups is 4. The molecule has 0 spiro atoms. The van der Waals surface area contributed by atoms with E-state index in [-0.39, 0.29) is 64.9 Å². The van der Waals surface area contributed by atoms with E-state index >= 15 is 0 Å². The number of non-ortho nitro benzene ring substituents is 1. The van der Waals surface area contributed by atoms with E-state index < -0.39 is 36.5 Å². The van der Waals surface area contributed by atoms with Gasteiger partial charge in [0.15, 0.2) is 0 Å². The van der Waals surface area contributed by atoms with Crippen molar-refractivity contribution in [2.24, 2.45) is 0 Å². The Morgan fingerprint density at radius 3 is 1.15 bits per heavy atom. The summed E-state index contributed by atoms with van der Waals surface area (Å²) >= 11 is 11.0. The van der Waals surface area contributed by atoms with Crippen LogP contribution in [0.5, 0.6) is 11.5 Å². The van der Waals surface area contributed by atoms with Gasteiger partial charge in [-0.15, -0.1) is 0 Å². The third kappa shape index (κ3) is 44.5. The van der Waals surface area contributed by atoms with Gasteiger partial charge in [0, 0.05) is 74.6 Å².